The normalized spacial score (nSPS) is 9.85. The summed E-state index contributed by atoms with van der Waals surface area (Å²) in [5.41, 5.74) is 1.13. The average molecular weight is 190 g/mol. The first kappa shape index (κ1) is 7.96. The third kappa shape index (κ3) is 1.21. The molecule has 13 heavy (non-hydrogen) atoms. The van der Waals surface area contributed by atoms with Crippen molar-refractivity contribution in [3.8, 4) is 6.07 Å². The van der Waals surface area contributed by atoms with Gasteiger partial charge < -0.3 is 0 Å². The van der Waals surface area contributed by atoms with Crippen LogP contribution in [0.5, 0.6) is 0 Å². The van der Waals surface area contributed by atoms with Crippen molar-refractivity contribution in [3.63, 3.8) is 0 Å². The predicted octanol–water partition coefficient (Wildman–Crippen LogP) is 2.15. The minimum absolute atomic E-state index is 0.377. The first-order chi connectivity index (χ1) is 6.33. The lowest BCUT2D eigenvalue weighted by Gasteiger charge is -1.99. The molecule has 0 aliphatic heterocycles. The third-order valence-electron chi connectivity index (χ3n) is 1.72. The molecule has 0 aliphatic rings. The smallest absolute Gasteiger partial charge is 0.102 e. The van der Waals surface area contributed by atoms with Crippen LogP contribution >= 0.6 is 11.6 Å². The predicted molar refractivity (Wildman–Crippen MR) is 49.3 cm³/mol. The maximum Gasteiger partial charge on any atom is 0.102 e. The maximum atomic E-state index is 8.68. The van der Waals surface area contributed by atoms with Crippen LogP contribution in [0.3, 0.4) is 0 Å². The van der Waals surface area contributed by atoms with Crippen molar-refractivity contribution in [2.45, 2.75) is 0 Å². The highest BCUT2D eigenvalue weighted by Crippen LogP contribution is 2.23. The van der Waals surface area contributed by atoms with E-state index in [-0.39, 0.29) is 0 Å². The molecule has 0 N–H and O–H groups in total. The van der Waals surface area contributed by atoms with Crippen molar-refractivity contribution in [2.24, 2.45) is 0 Å². The molecule has 2 aromatic heterocycles. The van der Waals surface area contributed by atoms with Crippen molar-refractivity contribution in [1.82, 2.24) is 9.97 Å². The van der Waals surface area contributed by atoms with Crippen molar-refractivity contribution >= 4 is 22.5 Å². The summed E-state index contributed by atoms with van der Waals surface area (Å²) in [5.74, 6) is 0. The Balaban J connectivity index is 2.89. The van der Waals surface area contributed by atoms with Gasteiger partial charge in [-0.2, -0.15) is 5.26 Å². The molecular formula is C9H4ClN3. The number of rotatable bonds is 0. The summed E-state index contributed by atoms with van der Waals surface area (Å²) in [5, 5.41) is 9.81. The quantitative estimate of drug-likeness (QED) is 0.638. The van der Waals surface area contributed by atoms with Gasteiger partial charge in [0.2, 0.25) is 0 Å². The Kier molecular flexibility index (Phi) is 1.84. The first-order valence-electron chi connectivity index (χ1n) is 3.61. The van der Waals surface area contributed by atoms with Crippen LogP contribution in [0.4, 0.5) is 0 Å². The van der Waals surface area contributed by atoms with Crippen LogP contribution in [0, 0.1) is 11.3 Å². The van der Waals surface area contributed by atoms with Crippen LogP contribution in [0.25, 0.3) is 10.9 Å². The van der Waals surface area contributed by atoms with Crippen LogP contribution in [-0.2, 0) is 0 Å². The summed E-state index contributed by atoms with van der Waals surface area (Å²) >= 11 is 5.94. The zero-order chi connectivity index (χ0) is 9.26. The Labute approximate surface area is 79.6 Å². The first-order valence-corrected chi connectivity index (χ1v) is 3.99. The molecule has 0 unspecified atom stereocenters. The Bertz CT molecular complexity index is 502. The van der Waals surface area contributed by atoms with Gasteiger partial charge in [-0.25, -0.2) is 0 Å². The molecule has 0 spiro atoms. The number of fused-ring (bicyclic) bond motifs is 1. The van der Waals surface area contributed by atoms with E-state index in [1.807, 2.05) is 6.07 Å². The molecule has 0 aromatic carbocycles. The van der Waals surface area contributed by atoms with Gasteiger partial charge in [-0.3, -0.25) is 9.97 Å². The second kappa shape index (κ2) is 3.00. The summed E-state index contributed by atoms with van der Waals surface area (Å²) in [7, 11) is 0. The highest BCUT2D eigenvalue weighted by Gasteiger charge is 2.04. The maximum absolute atomic E-state index is 8.68. The van der Waals surface area contributed by atoms with Crippen LogP contribution in [0.1, 0.15) is 5.56 Å². The summed E-state index contributed by atoms with van der Waals surface area (Å²) in [6, 6.07) is 3.72. The molecule has 4 heteroatoms. The summed E-state index contributed by atoms with van der Waals surface area (Å²) in [6.07, 6.45) is 4.70. The number of nitrogens with zero attached hydrogens (tertiary/aromatic N) is 3. The SMILES string of the molecule is N#Cc1cnc2ccncc2c1Cl. The molecule has 2 heterocycles. The standard InChI is InChI=1S/C9H4ClN3/c10-9-6(3-11)4-13-8-1-2-12-5-7(8)9/h1-2,4-5H. The molecule has 0 bridgehead atoms. The molecule has 0 radical (unpaired) electrons. The topological polar surface area (TPSA) is 49.6 Å². The van der Waals surface area contributed by atoms with Gasteiger partial charge in [0.15, 0.2) is 0 Å². The molecule has 2 aromatic rings. The Hall–Kier alpha value is -1.66. The van der Waals surface area contributed by atoms with E-state index in [2.05, 4.69) is 9.97 Å². The summed E-state index contributed by atoms with van der Waals surface area (Å²) in [6.45, 7) is 0. The fraction of sp³-hybridized carbons (Fsp3) is 0. The minimum Gasteiger partial charge on any atom is -0.264 e. The minimum atomic E-state index is 0.377. The van der Waals surface area contributed by atoms with E-state index in [4.69, 9.17) is 16.9 Å². The molecule has 2 rings (SSSR count). The van der Waals surface area contributed by atoms with E-state index in [1.54, 1.807) is 18.5 Å². The van der Waals surface area contributed by atoms with Crippen LogP contribution in [0.2, 0.25) is 5.02 Å². The third-order valence-corrected chi connectivity index (χ3v) is 2.13. The van der Waals surface area contributed by atoms with Crippen molar-refractivity contribution < 1.29 is 0 Å². The molecular weight excluding hydrogens is 186 g/mol. The number of pyridine rings is 2. The van der Waals surface area contributed by atoms with Crippen LogP contribution < -0.4 is 0 Å². The van der Waals surface area contributed by atoms with E-state index < -0.39 is 0 Å². The highest BCUT2D eigenvalue weighted by molar-refractivity contribution is 6.36. The van der Waals surface area contributed by atoms with Gasteiger partial charge in [0, 0.05) is 24.0 Å². The van der Waals surface area contributed by atoms with E-state index >= 15 is 0 Å². The fourth-order valence-electron chi connectivity index (χ4n) is 1.08. The Morgan fingerprint density at radius 2 is 2.23 bits per heavy atom. The van der Waals surface area contributed by atoms with Gasteiger partial charge in [0.25, 0.3) is 0 Å². The number of nitriles is 1. The van der Waals surface area contributed by atoms with Gasteiger partial charge in [0.05, 0.1) is 16.1 Å². The van der Waals surface area contributed by atoms with E-state index in [1.165, 1.54) is 6.20 Å². The lowest BCUT2D eigenvalue weighted by atomic mass is 10.2. The summed E-state index contributed by atoms with van der Waals surface area (Å²) < 4.78 is 0. The largest absolute Gasteiger partial charge is 0.264 e. The number of hydrogen-bond acceptors (Lipinski definition) is 3. The number of halogens is 1. The van der Waals surface area contributed by atoms with Gasteiger partial charge in [0.1, 0.15) is 6.07 Å². The number of hydrogen-bond donors (Lipinski definition) is 0. The van der Waals surface area contributed by atoms with E-state index in [9.17, 15) is 0 Å². The van der Waals surface area contributed by atoms with E-state index in [0.717, 1.165) is 5.52 Å². The molecule has 0 saturated carbocycles. The molecule has 0 aliphatic carbocycles. The van der Waals surface area contributed by atoms with Gasteiger partial charge in [-0.05, 0) is 6.07 Å². The zero-order valence-corrected chi connectivity index (χ0v) is 7.28. The van der Waals surface area contributed by atoms with Gasteiger partial charge in [-0.1, -0.05) is 11.6 Å². The summed E-state index contributed by atoms with van der Waals surface area (Å²) in [4.78, 5) is 7.98. The molecule has 0 atom stereocenters. The van der Waals surface area contributed by atoms with E-state index in [0.29, 0.717) is 16.0 Å². The zero-order valence-electron chi connectivity index (χ0n) is 6.53. The highest BCUT2D eigenvalue weighted by atomic mass is 35.5. The van der Waals surface area contributed by atoms with Crippen LogP contribution in [0.15, 0.2) is 24.7 Å². The van der Waals surface area contributed by atoms with Gasteiger partial charge in [-0.15, -0.1) is 0 Å². The molecule has 0 fully saturated rings. The monoisotopic (exact) mass is 189 g/mol. The van der Waals surface area contributed by atoms with Crippen molar-refractivity contribution in [3.05, 3.63) is 35.2 Å². The van der Waals surface area contributed by atoms with Crippen molar-refractivity contribution in [1.29, 1.82) is 5.26 Å². The lowest BCUT2D eigenvalue weighted by molar-refractivity contribution is 1.31. The average Bonchev–Trinajstić information content (AvgIpc) is 2.19. The van der Waals surface area contributed by atoms with Crippen LogP contribution in [-0.4, -0.2) is 9.97 Å². The second-order valence-corrected chi connectivity index (χ2v) is 2.87. The van der Waals surface area contributed by atoms with Crippen molar-refractivity contribution in [2.75, 3.05) is 0 Å². The number of aromatic nitrogens is 2. The lowest BCUT2D eigenvalue weighted by Crippen LogP contribution is -1.85. The molecule has 0 saturated heterocycles. The molecule has 62 valence electrons. The molecule has 0 amide bonds. The Morgan fingerprint density at radius 1 is 1.38 bits per heavy atom. The Morgan fingerprint density at radius 3 is 3.00 bits per heavy atom. The second-order valence-electron chi connectivity index (χ2n) is 2.49. The van der Waals surface area contributed by atoms with Gasteiger partial charge >= 0.3 is 0 Å². The molecule has 3 nitrogen and oxygen atoms in total. The fourth-order valence-corrected chi connectivity index (χ4v) is 1.32.